The van der Waals surface area contributed by atoms with Gasteiger partial charge < -0.3 is 19.9 Å². The first kappa shape index (κ1) is 17.7. The largest absolute Gasteiger partial charge is 0.493 e. The van der Waals surface area contributed by atoms with Crippen LogP contribution in [0.5, 0.6) is 5.75 Å². The van der Waals surface area contributed by atoms with Crippen molar-refractivity contribution in [3.63, 3.8) is 0 Å². The molecule has 0 bridgehead atoms. The molecule has 4 heteroatoms. The Labute approximate surface area is 145 Å². The maximum atomic E-state index is 10.5. The summed E-state index contributed by atoms with van der Waals surface area (Å²) in [6, 6.07) is 8.31. The number of ether oxygens (including phenoxy) is 2. The number of rotatable bonds is 7. The summed E-state index contributed by atoms with van der Waals surface area (Å²) in [5, 5.41) is 13.8. The molecular weight excluding hydrogens is 302 g/mol. The highest BCUT2D eigenvalue weighted by atomic mass is 16.5. The first-order valence-electron chi connectivity index (χ1n) is 9.46. The van der Waals surface area contributed by atoms with Gasteiger partial charge in [-0.25, -0.2) is 0 Å². The van der Waals surface area contributed by atoms with Gasteiger partial charge in [-0.1, -0.05) is 31.4 Å². The molecule has 1 aromatic rings. The lowest BCUT2D eigenvalue weighted by Crippen LogP contribution is -2.44. The highest BCUT2D eigenvalue weighted by Gasteiger charge is 2.29. The third-order valence-electron chi connectivity index (χ3n) is 5.32. The molecule has 0 spiro atoms. The van der Waals surface area contributed by atoms with Gasteiger partial charge in [0, 0.05) is 39.1 Å². The lowest BCUT2D eigenvalue weighted by atomic mass is 9.90. The van der Waals surface area contributed by atoms with E-state index in [-0.39, 0.29) is 0 Å². The second-order valence-corrected chi connectivity index (χ2v) is 7.40. The van der Waals surface area contributed by atoms with Gasteiger partial charge in [-0.3, -0.25) is 0 Å². The van der Waals surface area contributed by atoms with Crippen LogP contribution in [0.15, 0.2) is 24.3 Å². The van der Waals surface area contributed by atoms with Crippen molar-refractivity contribution in [3.05, 3.63) is 29.8 Å². The lowest BCUT2D eigenvalue weighted by molar-refractivity contribution is -0.0617. The van der Waals surface area contributed by atoms with E-state index in [1.54, 1.807) is 0 Å². The minimum Gasteiger partial charge on any atom is -0.493 e. The van der Waals surface area contributed by atoms with Gasteiger partial charge in [0.25, 0.3) is 0 Å². The zero-order valence-electron chi connectivity index (χ0n) is 14.6. The number of hydrogen-bond acceptors (Lipinski definition) is 4. The number of benzene rings is 1. The molecule has 1 saturated heterocycles. The first-order valence-corrected chi connectivity index (χ1v) is 9.46. The molecule has 1 saturated carbocycles. The van der Waals surface area contributed by atoms with Gasteiger partial charge >= 0.3 is 0 Å². The minimum atomic E-state index is -0.618. The minimum absolute atomic E-state index is 0.615. The summed E-state index contributed by atoms with van der Waals surface area (Å²) in [6.07, 6.45) is 8.14. The highest BCUT2D eigenvalue weighted by molar-refractivity contribution is 5.28. The van der Waals surface area contributed by atoms with Crippen LogP contribution >= 0.6 is 0 Å². The predicted molar refractivity (Wildman–Crippen MR) is 95.2 cm³/mol. The summed E-state index contributed by atoms with van der Waals surface area (Å²) in [4.78, 5) is 0. The van der Waals surface area contributed by atoms with Crippen LogP contribution < -0.4 is 10.1 Å². The summed E-state index contributed by atoms with van der Waals surface area (Å²) in [5.74, 6) is 1.69. The molecule has 0 aromatic heterocycles. The van der Waals surface area contributed by atoms with Crippen molar-refractivity contribution in [2.75, 3.05) is 26.4 Å². The fourth-order valence-corrected chi connectivity index (χ4v) is 3.68. The van der Waals surface area contributed by atoms with Crippen LogP contribution in [-0.4, -0.2) is 37.1 Å². The molecule has 24 heavy (non-hydrogen) atoms. The first-order chi connectivity index (χ1) is 11.7. The van der Waals surface area contributed by atoms with E-state index >= 15 is 0 Å². The molecule has 0 atom stereocenters. The number of nitrogens with one attached hydrogen (secondary N) is 1. The van der Waals surface area contributed by atoms with Crippen molar-refractivity contribution in [2.45, 2.75) is 57.1 Å². The maximum Gasteiger partial charge on any atom is 0.119 e. The van der Waals surface area contributed by atoms with Crippen LogP contribution in [0, 0.1) is 5.92 Å². The number of hydrogen-bond donors (Lipinski definition) is 2. The van der Waals surface area contributed by atoms with Crippen LogP contribution in [0.2, 0.25) is 0 Å². The molecule has 2 N–H and O–H groups in total. The van der Waals surface area contributed by atoms with E-state index in [1.807, 2.05) is 6.07 Å². The lowest BCUT2D eigenvalue weighted by Gasteiger charge is -2.32. The van der Waals surface area contributed by atoms with Crippen LogP contribution in [0.1, 0.15) is 50.5 Å². The van der Waals surface area contributed by atoms with Crippen molar-refractivity contribution < 1.29 is 14.6 Å². The summed E-state index contributed by atoms with van der Waals surface area (Å²) < 4.78 is 11.3. The van der Waals surface area contributed by atoms with E-state index in [0.29, 0.717) is 32.6 Å². The van der Waals surface area contributed by atoms with E-state index in [1.165, 1.54) is 37.7 Å². The normalized spacial score (nSPS) is 21.5. The van der Waals surface area contributed by atoms with Crippen molar-refractivity contribution in [2.24, 2.45) is 5.92 Å². The van der Waals surface area contributed by atoms with Crippen LogP contribution in [0.25, 0.3) is 0 Å². The Morgan fingerprint density at radius 2 is 1.96 bits per heavy atom. The Morgan fingerprint density at radius 1 is 1.17 bits per heavy atom. The third-order valence-corrected chi connectivity index (χ3v) is 5.32. The SMILES string of the molecule is OC1(CNCc2cccc(OCC3CCCCC3)c2)CCOCC1. The predicted octanol–water partition coefficient (Wildman–Crippen LogP) is 3.28. The van der Waals surface area contributed by atoms with E-state index in [4.69, 9.17) is 9.47 Å². The summed E-state index contributed by atoms with van der Waals surface area (Å²) in [5.41, 5.74) is 0.583. The summed E-state index contributed by atoms with van der Waals surface area (Å²) in [6.45, 7) is 3.52. The van der Waals surface area contributed by atoms with Crippen molar-refractivity contribution in [3.8, 4) is 5.75 Å². The third kappa shape index (κ3) is 5.47. The number of aliphatic hydroxyl groups is 1. The Balaban J connectivity index is 1.42. The van der Waals surface area contributed by atoms with E-state index < -0.39 is 5.60 Å². The fourth-order valence-electron chi connectivity index (χ4n) is 3.68. The van der Waals surface area contributed by atoms with Crippen molar-refractivity contribution in [1.29, 1.82) is 0 Å². The smallest absolute Gasteiger partial charge is 0.119 e. The topological polar surface area (TPSA) is 50.7 Å². The summed E-state index contributed by atoms with van der Waals surface area (Å²) >= 11 is 0. The molecule has 1 aromatic carbocycles. The molecule has 0 amide bonds. The second-order valence-electron chi connectivity index (χ2n) is 7.40. The van der Waals surface area contributed by atoms with Gasteiger partial charge in [-0.2, -0.15) is 0 Å². The maximum absolute atomic E-state index is 10.5. The monoisotopic (exact) mass is 333 g/mol. The molecule has 0 unspecified atom stereocenters. The highest BCUT2D eigenvalue weighted by Crippen LogP contribution is 2.25. The van der Waals surface area contributed by atoms with Crippen LogP contribution in [-0.2, 0) is 11.3 Å². The Hall–Kier alpha value is -1.10. The molecule has 4 nitrogen and oxygen atoms in total. The van der Waals surface area contributed by atoms with E-state index in [2.05, 4.69) is 23.5 Å². The van der Waals surface area contributed by atoms with Crippen molar-refractivity contribution >= 4 is 0 Å². The van der Waals surface area contributed by atoms with E-state index in [9.17, 15) is 5.11 Å². The average molecular weight is 333 g/mol. The van der Waals surface area contributed by atoms with Gasteiger partial charge in [0.2, 0.25) is 0 Å². The van der Waals surface area contributed by atoms with Gasteiger partial charge in [0.1, 0.15) is 5.75 Å². The molecule has 1 aliphatic carbocycles. The van der Waals surface area contributed by atoms with Gasteiger partial charge in [-0.15, -0.1) is 0 Å². The Morgan fingerprint density at radius 3 is 2.75 bits per heavy atom. The Bertz CT molecular complexity index is 493. The second kappa shape index (κ2) is 8.84. The standard InChI is InChI=1S/C20H31NO3/c22-20(9-11-23-12-10-20)16-21-14-18-7-4-8-19(13-18)24-15-17-5-2-1-3-6-17/h4,7-8,13,17,21-22H,1-3,5-6,9-12,14-16H2. The zero-order chi connectivity index (χ0) is 16.7. The molecule has 2 aliphatic rings. The van der Waals surface area contributed by atoms with Gasteiger partial charge in [0.15, 0.2) is 0 Å². The molecule has 3 rings (SSSR count). The van der Waals surface area contributed by atoms with Crippen LogP contribution in [0.4, 0.5) is 0 Å². The van der Waals surface area contributed by atoms with Gasteiger partial charge in [-0.05, 0) is 36.5 Å². The zero-order valence-corrected chi connectivity index (χ0v) is 14.6. The summed E-state index contributed by atoms with van der Waals surface area (Å²) in [7, 11) is 0. The quantitative estimate of drug-likeness (QED) is 0.804. The Kier molecular flexibility index (Phi) is 6.52. The van der Waals surface area contributed by atoms with Crippen LogP contribution in [0.3, 0.4) is 0 Å². The fraction of sp³-hybridized carbons (Fsp3) is 0.700. The van der Waals surface area contributed by atoms with E-state index in [0.717, 1.165) is 24.8 Å². The molecule has 2 fully saturated rings. The average Bonchev–Trinajstić information content (AvgIpc) is 2.62. The van der Waals surface area contributed by atoms with Gasteiger partial charge in [0.05, 0.1) is 12.2 Å². The molecule has 134 valence electrons. The molecule has 1 heterocycles. The van der Waals surface area contributed by atoms with Crippen molar-refractivity contribution in [1.82, 2.24) is 5.32 Å². The molecule has 1 aliphatic heterocycles. The molecule has 0 radical (unpaired) electrons. The molecular formula is C20H31NO3.